The van der Waals surface area contributed by atoms with Crippen molar-refractivity contribution in [3.8, 4) is 0 Å². The van der Waals surface area contributed by atoms with Crippen LogP contribution in [-0.2, 0) is 14.3 Å². The number of carbonyl (C=O) groups is 1. The summed E-state index contributed by atoms with van der Waals surface area (Å²) in [5.41, 5.74) is -0.632. The summed E-state index contributed by atoms with van der Waals surface area (Å²) in [6, 6.07) is 0. The smallest absolute Gasteiger partial charge is 0.331 e. The van der Waals surface area contributed by atoms with Gasteiger partial charge in [0.05, 0.1) is 5.60 Å². The highest BCUT2D eigenvalue weighted by Gasteiger charge is 2.63. The Bertz CT molecular complexity index is 235. The number of fused-ring (bicyclic) bond motifs is 1. The Morgan fingerprint density at radius 2 is 2.23 bits per heavy atom. The summed E-state index contributed by atoms with van der Waals surface area (Å²) < 4.78 is 11.0. The van der Waals surface area contributed by atoms with E-state index < -0.39 is 5.50 Å². The van der Waals surface area contributed by atoms with E-state index in [1.165, 1.54) is 0 Å². The molecule has 0 saturated carbocycles. The van der Waals surface area contributed by atoms with E-state index in [2.05, 4.69) is 14.2 Å². The van der Waals surface area contributed by atoms with Gasteiger partial charge in [-0.15, -0.1) is 0 Å². The lowest BCUT2D eigenvalue weighted by Crippen LogP contribution is -2.73. The van der Waals surface area contributed by atoms with Gasteiger partial charge in [-0.25, -0.2) is 4.79 Å². The van der Waals surface area contributed by atoms with Crippen LogP contribution in [0.1, 0.15) is 26.7 Å². The van der Waals surface area contributed by atoms with Crippen molar-refractivity contribution >= 4 is 13.2 Å². The van der Waals surface area contributed by atoms with Gasteiger partial charge in [0.1, 0.15) is 12.1 Å². The van der Waals surface area contributed by atoms with Crippen LogP contribution in [0.15, 0.2) is 0 Å². The average Bonchev–Trinajstić information content (AvgIpc) is 2.12. The number of hydrogen-bond acceptors (Lipinski definition) is 3. The highest BCUT2D eigenvalue weighted by atomic mass is 16.6. The second kappa shape index (κ2) is 2.74. The fraction of sp³-hybridized carbons (Fsp3) is 0.889. The van der Waals surface area contributed by atoms with Crippen LogP contribution in [0.3, 0.4) is 0 Å². The zero-order valence-corrected chi connectivity index (χ0v) is 8.13. The molecule has 2 atom stereocenters. The molecule has 71 valence electrons. The summed E-state index contributed by atoms with van der Waals surface area (Å²) in [5, 5.41) is 0. The monoisotopic (exact) mass is 181 g/mol. The molecule has 2 heterocycles. The molecule has 2 aliphatic heterocycles. The first-order chi connectivity index (χ1) is 6.18. The molecule has 0 spiro atoms. The SMILES string of the molecule is CCC12[B]CC1(CC)OCC(=O)O2. The highest BCUT2D eigenvalue weighted by Crippen LogP contribution is 2.49. The molecule has 0 aromatic rings. The maximum atomic E-state index is 11.1. The maximum Gasteiger partial charge on any atom is 0.331 e. The first kappa shape index (κ1) is 9.07. The molecule has 0 N–H and O–H groups in total. The van der Waals surface area contributed by atoms with Crippen LogP contribution in [-0.4, -0.2) is 31.0 Å². The van der Waals surface area contributed by atoms with Crippen molar-refractivity contribution in [1.82, 2.24) is 0 Å². The van der Waals surface area contributed by atoms with Crippen LogP contribution in [0.4, 0.5) is 0 Å². The molecule has 0 amide bonds. The van der Waals surface area contributed by atoms with E-state index in [4.69, 9.17) is 9.47 Å². The van der Waals surface area contributed by atoms with Crippen molar-refractivity contribution in [2.45, 2.75) is 44.1 Å². The van der Waals surface area contributed by atoms with Crippen LogP contribution < -0.4 is 0 Å². The van der Waals surface area contributed by atoms with E-state index in [1.54, 1.807) is 0 Å². The molecule has 3 nitrogen and oxygen atoms in total. The van der Waals surface area contributed by atoms with Crippen molar-refractivity contribution in [1.29, 1.82) is 0 Å². The molecule has 0 aromatic carbocycles. The second-order valence-electron chi connectivity index (χ2n) is 3.76. The van der Waals surface area contributed by atoms with E-state index in [0.29, 0.717) is 0 Å². The molecule has 0 aliphatic carbocycles. The van der Waals surface area contributed by atoms with Gasteiger partial charge in [-0.1, -0.05) is 13.8 Å². The molecular formula is C9H14BO3. The number of hydrogen-bond donors (Lipinski definition) is 0. The molecule has 2 fully saturated rings. The van der Waals surface area contributed by atoms with Gasteiger partial charge in [-0.05, 0) is 19.2 Å². The van der Waals surface area contributed by atoms with Gasteiger partial charge in [0, 0.05) is 0 Å². The Morgan fingerprint density at radius 3 is 2.69 bits per heavy atom. The molecule has 0 aromatic heterocycles. The predicted molar refractivity (Wildman–Crippen MR) is 48.6 cm³/mol. The van der Waals surface area contributed by atoms with Gasteiger partial charge in [-0.3, -0.25) is 0 Å². The van der Waals surface area contributed by atoms with Gasteiger partial charge in [-0.2, -0.15) is 0 Å². The quantitative estimate of drug-likeness (QED) is 0.470. The van der Waals surface area contributed by atoms with Gasteiger partial charge in [0.15, 0.2) is 7.28 Å². The lowest BCUT2D eigenvalue weighted by molar-refractivity contribution is -0.232. The molecular weight excluding hydrogens is 167 g/mol. The lowest BCUT2D eigenvalue weighted by Gasteiger charge is -2.59. The molecule has 13 heavy (non-hydrogen) atoms. The third-order valence-electron chi connectivity index (χ3n) is 3.39. The minimum atomic E-state index is -0.420. The average molecular weight is 181 g/mol. The van der Waals surface area contributed by atoms with Crippen LogP contribution in [0.25, 0.3) is 0 Å². The summed E-state index contributed by atoms with van der Waals surface area (Å²) in [6.07, 6.45) is 2.63. The Labute approximate surface area is 79.0 Å². The molecule has 2 saturated heterocycles. The fourth-order valence-corrected chi connectivity index (χ4v) is 2.39. The third kappa shape index (κ3) is 0.981. The van der Waals surface area contributed by atoms with E-state index in [-0.39, 0.29) is 18.2 Å². The fourth-order valence-electron chi connectivity index (χ4n) is 2.39. The van der Waals surface area contributed by atoms with Crippen LogP contribution >= 0.6 is 0 Å². The summed E-state index contributed by atoms with van der Waals surface area (Å²) in [6.45, 7) is 4.22. The number of carbonyl (C=O) groups excluding carboxylic acids is 1. The van der Waals surface area contributed by atoms with Crippen molar-refractivity contribution < 1.29 is 14.3 Å². The van der Waals surface area contributed by atoms with Crippen molar-refractivity contribution in [2.24, 2.45) is 0 Å². The summed E-state index contributed by atoms with van der Waals surface area (Å²) in [4.78, 5) is 11.1. The first-order valence-corrected chi connectivity index (χ1v) is 4.88. The Morgan fingerprint density at radius 1 is 1.46 bits per heavy atom. The van der Waals surface area contributed by atoms with Gasteiger partial charge < -0.3 is 9.47 Å². The van der Waals surface area contributed by atoms with E-state index >= 15 is 0 Å². The van der Waals surface area contributed by atoms with Crippen molar-refractivity contribution in [3.05, 3.63) is 0 Å². The lowest BCUT2D eigenvalue weighted by atomic mass is 9.34. The number of rotatable bonds is 2. The minimum absolute atomic E-state index is 0.115. The van der Waals surface area contributed by atoms with Gasteiger partial charge >= 0.3 is 5.97 Å². The van der Waals surface area contributed by atoms with Crippen LogP contribution in [0, 0.1) is 0 Å². The summed E-state index contributed by atoms with van der Waals surface area (Å²) >= 11 is 0. The number of esters is 1. The predicted octanol–water partition coefficient (Wildman–Crippen LogP) is 0.951. The van der Waals surface area contributed by atoms with Gasteiger partial charge in [0.25, 0.3) is 0 Å². The Hall–Kier alpha value is -0.505. The molecule has 4 heteroatoms. The molecule has 0 bridgehead atoms. The zero-order valence-electron chi connectivity index (χ0n) is 8.13. The largest absolute Gasteiger partial charge is 0.464 e. The molecule has 2 unspecified atom stereocenters. The number of ether oxygens (including phenoxy) is 2. The maximum absolute atomic E-state index is 11.1. The second-order valence-corrected chi connectivity index (χ2v) is 3.76. The first-order valence-electron chi connectivity index (χ1n) is 4.88. The summed E-state index contributed by atoms with van der Waals surface area (Å²) in [7, 11) is 2.06. The summed E-state index contributed by atoms with van der Waals surface area (Å²) in [5.74, 6) is -0.234. The Kier molecular flexibility index (Phi) is 1.91. The van der Waals surface area contributed by atoms with E-state index in [1.807, 2.05) is 6.92 Å². The molecule has 2 aliphatic rings. The minimum Gasteiger partial charge on any atom is -0.464 e. The highest BCUT2D eigenvalue weighted by molar-refractivity contribution is 6.46. The molecule has 2 rings (SSSR count). The van der Waals surface area contributed by atoms with Crippen molar-refractivity contribution in [2.75, 3.05) is 6.61 Å². The standard InChI is InChI=1S/C9H14BO3/c1-3-8-6-10-9(8,4-2)13-7(11)5-12-8/h3-6H2,1-2H3. The normalized spacial score (nSPS) is 42.8. The Balaban J connectivity index is 2.24. The van der Waals surface area contributed by atoms with E-state index in [9.17, 15) is 4.79 Å². The van der Waals surface area contributed by atoms with Gasteiger partial charge in [0.2, 0.25) is 0 Å². The zero-order chi connectivity index (χ0) is 9.53. The molecule has 1 radical (unpaired) electrons. The topological polar surface area (TPSA) is 35.5 Å². The third-order valence-corrected chi connectivity index (χ3v) is 3.39. The van der Waals surface area contributed by atoms with E-state index in [0.717, 1.165) is 19.2 Å². The van der Waals surface area contributed by atoms with Crippen LogP contribution in [0.2, 0.25) is 6.32 Å². The van der Waals surface area contributed by atoms with Crippen LogP contribution in [0.5, 0.6) is 0 Å². The van der Waals surface area contributed by atoms with Crippen molar-refractivity contribution in [3.63, 3.8) is 0 Å².